The molecule has 152 valence electrons. The number of ether oxygens (including phenoxy) is 2. The highest BCUT2D eigenvalue weighted by atomic mass is 35.5. The maximum Gasteiger partial charge on any atom is 0.338 e. The minimum Gasteiger partial charge on any atom is -0.461 e. The molecule has 2 heterocycles. The molecular weight excluding hydrogens is 386 g/mol. The van der Waals surface area contributed by atoms with Crippen LogP contribution >= 0.6 is 11.6 Å². The Kier molecular flexibility index (Phi) is 5.07. The van der Waals surface area contributed by atoms with Gasteiger partial charge in [-0.05, 0) is 75.9 Å². The molecule has 1 N–H and O–H groups in total. The van der Waals surface area contributed by atoms with E-state index in [4.69, 9.17) is 21.1 Å². The number of halogens is 1. The van der Waals surface area contributed by atoms with Gasteiger partial charge < -0.3 is 14.8 Å². The number of benzene rings is 2. The molecule has 0 bridgehead atoms. The van der Waals surface area contributed by atoms with Crippen molar-refractivity contribution < 1.29 is 14.3 Å². The topological polar surface area (TPSA) is 47.6 Å². The number of esters is 1. The van der Waals surface area contributed by atoms with Gasteiger partial charge in [0, 0.05) is 28.7 Å². The van der Waals surface area contributed by atoms with Gasteiger partial charge in [-0.2, -0.15) is 0 Å². The first-order chi connectivity index (χ1) is 13.7. The summed E-state index contributed by atoms with van der Waals surface area (Å²) >= 11 is 6.32. The van der Waals surface area contributed by atoms with E-state index in [1.165, 1.54) is 5.56 Å². The van der Waals surface area contributed by atoms with E-state index in [-0.39, 0.29) is 11.9 Å². The quantitative estimate of drug-likeness (QED) is 0.631. The van der Waals surface area contributed by atoms with E-state index in [0.29, 0.717) is 16.4 Å². The molecule has 4 rings (SSSR count). The van der Waals surface area contributed by atoms with Crippen LogP contribution in [-0.4, -0.2) is 18.1 Å². The molecule has 2 aromatic carbocycles. The number of anilines is 1. The molecule has 0 saturated carbocycles. The van der Waals surface area contributed by atoms with Crippen molar-refractivity contribution in [1.82, 2.24) is 0 Å². The third kappa shape index (κ3) is 3.99. The van der Waals surface area contributed by atoms with Crippen LogP contribution in [0.2, 0.25) is 5.02 Å². The number of hydrogen-bond acceptors (Lipinski definition) is 4. The summed E-state index contributed by atoms with van der Waals surface area (Å²) in [7, 11) is 0. The molecular formula is C24H26ClNO3. The maximum atomic E-state index is 13.2. The third-order valence-corrected chi connectivity index (χ3v) is 5.47. The van der Waals surface area contributed by atoms with Gasteiger partial charge in [-0.1, -0.05) is 23.7 Å². The van der Waals surface area contributed by atoms with E-state index >= 15 is 0 Å². The maximum absolute atomic E-state index is 13.2. The number of fused-ring (bicyclic) bond motifs is 2. The van der Waals surface area contributed by atoms with Crippen LogP contribution in [0.4, 0.5) is 5.69 Å². The van der Waals surface area contributed by atoms with E-state index < -0.39 is 5.60 Å². The van der Waals surface area contributed by atoms with Crippen molar-refractivity contribution in [2.75, 3.05) is 11.9 Å². The lowest BCUT2D eigenvalue weighted by atomic mass is 9.81. The fraction of sp³-hybridized carbons (Fsp3) is 0.375. The molecule has 0 spiro atoms. The van der Waals surface area contributed by atoms with Crippen LogP contribution in [0.15, 0.2) is 47.7 Å². The minimum atomic E-state index is -0.594. The summed E-state index contributed by atoms with van der Waals surface area (Å²) in [5.41, 5.74) is 4.29. The number of aryl methyl sites for hydroxylation is 1. The predicted molar refractivity (Wildman–Crippen MR) is 116 cm³/mol. The number of hydrogen-bond donors (Lipinski definition) is 1. The second-order valence-corrected chi connectivity index (χ2v) is 9.07. The summed E-state index contributed by atoms with van der Waals surface area (Å²) in [5.74, 6) is 0.635. The van der Waals surface area contributed by atoms with E-state index in [1.807, 2.05) is 39.8 Å². The van der Waals surface area contributed by atoms with E-state index in [2.05, 4.69) is 23.5 Å². The second kappa shape index (κ2) is 7.42. The molecule has 0 fully saturated rings. The summed E-state index contributed by atoms with van der Waals surface area (Å²) in [5, 5.41) is 4.06. The van der Waals surface area contributed by atoms with Gasteiger partial charge in [0.15, 0.2) is 0 Å². The highest BCUT2D eigenvalue weighted by Gasteiger charge is 2.36. The Balaban J connectivity index is 1.86. The lowest BCUT2D eigenvalue weighted by Gasteiger charge is -2.31. The van der Waals surface area contributed by atoms with Crippen molar-refractivity contribution in [3.8, 4) is 5.75 Å². The standard InChI is InChI=1S/C24H26ClNO3/c1-14-21(23(27)29-24(2,3)4)22(18-13-17(25)8-10-20(18)28-14)16-7-9-19-15(12-16)6-5-11-26-19/h7-10,12-13,22,26H,5-6,11H2,1-4H3/t22-/m1/s1. The van der Waals surface area contributed by atoms with Gasteiger partial charge in [-0.3, -0.25) is 0 Å². The highest BCUT2D eigenvalue weighted by Crippen LogP contribution is 2.45. The largest absolute Gasteiger partial charge is 0.461 e. The summed E-state index contributed by atoms with van der Waals surface area (Å²) in [6.45, 7) is 8.42. The van der Waals surface area contributed by atoms with Crippen LogP contribution in [0.25, 0.3) is 0 Å². The average molecular weight is 412 g/mol. The molecule has 2 aliphatic rings. The van der Waals surface area contributed by atoms with Crippen molar-refractivity contribution in [1.29, 1.82) is 0 Å². The molecule has 0 aliphatic carbocycles. The third-order valence-electron chi connectivity index (χ3n) is 5.23. The number of carbonyl (C=O) groups excluding carboxylic acids is 1. The Morgan fingerprint density at radius 2 is 2.00 bits per heavy atom. The SMILES string of the molecule is CC1=C(C(=O)OC(C)(C)C)[C@H](c2ccc3c(c2)CCCN3)c2cc(Cl)ccc2O1. The zero-order valence-corrected chi connectivity index (χ0v) is 18.0. The van der Waals surface area contributed by atoms with Crippen molar-refractivity contribution in [2.24, 2.45) is 0 Å². The number of allylic oxidation sites excluding steroid dienone is 1. The van der Waals surface area contributed by atoms with Gasteiger partial charge in [-0.15, -0.1) is 0 Å². The van der Waals surface area contributed by atoms with Crippen LogP contribution in [0.3, 0.4) is 0 Å². The van der Waals surface area contributed by atoms with Crippen molar-refractivity contribution >= 4 is 23.3 Å². The Hall–Kier alpha value is -2.46. The molecule has 5 heteroatoms. The summed E-state index contributed by atoms with van der Waals surface area (Å²) < 4.78 is 11.7. The molecule has 4 nitrogen and oxygen atoms in total. The first-order valence-corrected chi connectivity index (χ1v) is 10.4. The second-order valence-electron chi connectivity index (χ2n) is 8.64. The molecule has 2 aliphatic heterocycles. The summed E-state index contributed by atoms with van der Waals surface area (Å²) in [6, 6.07) is 11.9. The Morgan fingerprint density at radius 1 is 1.21 bits per heavy atom. The summed E-state index contributed by atoms with van der Waals surface area (Å²) in [6.07, 6.45) is 2.12. The average Bonchev–Trinajstić information content (AvgIpc) is 2.65. The molecule has 1 atom stereocenters. The van der Waals surface area contributed by atoms with Crippen LogP contribution in [-0.2, 0) is 16.0 Å². The first kappa shape index (κ1) is 19.8. The number of nitrogens with one attached hydrogen (secondary N) is 1. The molecule has 2 aromatic rings. The monoisotopic (exact) mass is 411 g/mol. The Bertz CT molecular complexity index is 1000. The fourth-order valence-corrected chi connectivity index (χ4v) is 4.21. The van der Waals surface area contributed by atoms with Gasteiger partial charge >= 0.3 is 5.97 Å². The molecule has 29 heavy (non-hydrogen) atoms. The van der Waals surface area contributed by atoms with Gasteiger partial charge in [0.05, 0.1) is 5.57 Å². The molecule has 0 radical (unpaired) electrons. The van der Waals surface area contributed by atoms with E-state index in [1.54, 1.807) is 6.07 Å². The summed E-state index contributed by atoms with van der Waals surface area (Å²) in [4.78, 5) is 13.2. The van der Waals surface area contributed by atoms with Crippen LogP contribution in [0.1, 0.15) is 56.7 Å². The lowest BCUT2D eigenvalue weighted by molar-refractivity contribution is -0.150. The smallest absolute Gasteiger partial charge is 0.338 e. The van der Waals surface area contributed by atoms with E-state index in [9.17, 15) is 4.79 Å². The van der Waals surface area contributed by atoms with Gasteiger partial charge in [0.25, 0.3) is 0 Å². The normalized spacial score (nSPS) is 18.3. The van der Waals surface area contributed by atoms with Crippen molar-refractivity contribution in [2.45, 2.75) is 52.1 Å². The molecule has 0 unspecified atom stereocenters. The van der Waals surface area contributed by atoms with Crippen LogP contribution in [0, 0.1) is 0 Å². The molecule has 0 aromatic heterocycles. The zero-order chi connectivity index (χ0) is 20.8. The Morgan fingerprint density at radius 3 is 2.76 bits per heavy atom. The molecule has 0 saturated heterocycles. The fourth-order valence-electron chi connectivity index (χ4n) is 4.03. The molecule has 0 amide bonds. The number of carbonyl (C=O) groups is 1. The first-order valence-electron chi connectivity index (χ1n) is 10.0. The lowest BCUT2D eigenvalue weighted by Crippen LogP contribution is -2.29. The van der Waals surface area contributed by atoms with Crippen LogP contribution in [0.5, 0.6) is 5.75 Å². The van der Waals surface area contributed by atoms with E-state index in [0.717, 1.165) is 42.0 Å². The Labute approximate surface area is 176 Å². The van der Waals surface area contributed by atoms with Gasteiger partial charge in [0.1, 0.15) is 17.1 Å². The predicted octanol–water partition coefficient (Wildman–Crippen LogP) is 5.84. The van der Waals surface area contributed by atoms with Crippen molar-refractivity contribution in [3.05, 3.63) is 69.4 Å². The zero-order valence-electron chi connectivity index (χ0n) is 17.3. The minimum absolute atomic E-state index is 0.292. The highest BCUT2D eigenvalue weighted by molar-refractivity contribution is 6.30. The number of rotatable bonds is 2. The van der Waals surface area contributed by atoms with Gasteiger partial charge in [0.2, 0.25) is 0 Å². The van der Waals surface area contributed by atoms with Crippen LogP contribution < -0.4 is 10.1 Å². The van der Waals surface area contributed by atoms with Gasteiger partial charge in [-0.25, -0.2) is 4.79 Å². The van der Waals surface area contributed by atoms with Crippen molar-refractivity contribution in [3.63, 3.8) is 0 Å².